The summed E-state index contributed by atoms with van der Waals surface area (Å²) < 4.78 is 14.8. The van der Waals surface area contributed by atoms with Gasteiger partial charge in [0.2, 0.25) is 5.96 Å². The van der Waals surface area contributed by atoms with Crippen LogP contribution in [0.3, 0.4) is 0 Å². The van der Waals surface area contributed by atoms with Crippen molar-refractivity contribution in [3.05, 3.63) is 65.9 Å². The van der Waals surface area contributed by atoms with Crippen molar-refractivity contribution in [3.63, 3.8) is 0 Å². The Morgan fingerprint density at radius 2 is 1.79 bits per heavy atom. The summed E-state index contributed by atoms with van der Waals surface area (Å²) in [7, 11) is 0. The number of nitrogens with zero attached hydrogens (tertiary/aromatic N) is 6. The average Bonchev–Trinajstić information content (AvgIpc) is 3.63. The van der Waals surface area contributed by atoms with E-state index in [2.05, 4.69) is 25.3 Å². The molecule has 7 N–H and O–H groups in total. The zero-order valence-electron chi connectivity index (χ0n) is 20.3. The highest BCUT2D eigenvalue weighted by atomic mass is 19.1. The van der Waals surface area contributed by atoms with Crippen LogP contribution < -0.4 is 16.7 Å². The van der Waals surface area contributed by atoms with Gasteiger partial charge in [0.05, 0.1) is 28.4 Å². The van der Waals surface area contributed by atoms with Gasteiger partial charge >= 0.3 is 5.97 Å². The summed E-state index contributed by atoms with van der Waals surface area (Å²) in [6.07, 6.45) is 2.12. The van der Waals surface area contributed by atoms with Gasteiger partial charge in [0.1, 0.15) is 17.1 Å². The number of H-pyrrole nitrogens is 2. The van der Waals surface area contributed by atoms with Crippen LogP contribution in [0.25, 0.3) is 22.3 Å². The summed E-state index contributed by atoms with van der Waals surface area (Å²) in [6.45, 7) is 0.956. The van der Waals surface area contributed by atoms with Crippen molar-refractivity contribution in [1.29, 1.82) is 0 Å². The molecule has 1 aromatic carbocycles. The lowest BCUT2D eigenvalue weighted by molar-refractivity contribution is -0.127. The van der Waals surface area contributed by atoms with Gasteiger partial charge in [0.25, 0.3) is 11.7 Å². The number of halogens is 1. The number of aromatic carboxylic acids is 1. The van der Waals surface area contributed by atoms with Crippen molar-refractivity contribution in [3.8, 4) is 11.4 Å². The van der Waals surface area contributed by atoms with Crippen molar-refractivity contribution in [2.45, 2.75) is 0 Å². The molecule has 4 aromatic rings. The molecular formula is C24H23FN10O4. The molecule has 15 heteroatoms. The first-order chi connectivity index (χ1) is 18.8. The molecule has 1 aliphatic rings. The number of nitrogens with two attached hydrogens (primary N) is 2. The molecule has 0 radical (unpaired) electrons. The Hall–Kier alpha value is -5.31. The van der Waals surface area contributed by atoms with Crippen molar-refractivity contribution < 1.29 is 23.9 Å². The quantitative estimate of drug-likeness (QED) is 0.0606. The monoisotopic (exact) mass is 534 g/mol. The van der Waals surface area contributed by atoms with Crippen LogP contribution in [0.15, 0.2) is 53.9 Å². The number of piperazine rings is 1. The minimum Gasteiger partial charge on any atom is -0.477 e. The predicted octanol–water partition coefficient (Wildman–Crippen LogP) is 0.727. The SMILES string of the molecule is N/N=C(/N1CCN(C(=O)C(=O)c2c[nH]c3c(-c4cc(C(=O)O)[nH]n4)ncc(F)c23)CC1)N(N)c1ccccc1. The number of benzene rings is 1. The van der Waals surface area contributed by atoms with Gasteiger partial charge in [-0.15, -0.1) is 5.10 Å². The summed E-state index contributed by atoms with van der Waals surface area (Å²) >= 11 is 0. The highest BCUT2D eigenvalue weighted by molar-refractivity contribution is 6.45. The number of anilines is 1. The van der Waals surface area contributed by atoms with E-state index >= 15 is 0 Å². The number of nitrogens with one attached hydrogen (secondary N) is 2. The first-order valence-corrected chi connectivity index (χ1v) is 11.7. The second-order valence-corrected chi connectivity index (χ2v) is 8.62. The highest BCUT2D eigenvalue weighted by Crippen LogP contribution is 2.30. The average molecular weight is 535 g/mol. The molecular weight excluding hydrogens is 511 g/mol. The molecule has 200 valence electrons. The predicted molar refractivity (Wildman–Crippen MR) is 138 cm³/mol. The normalized spacial score (nSPS) is 14.1. The van der Waals surface area contributed by atoms with Crippen LogP contribution in [0.5, 0.6) is 0 Å². The van der Waals surface area contributed by atoms with E-state index in [4.69, 9.17) is 16.8 Å². The summed E-state index contributed by atoms with van der Waals surface area (Å²) in [4.78, 5) is 47.4. The Morgan fingerprint density at radius 1 is 1.10 bits per heavy atom. The molecule has 0 unspecified atom stereocenters. The van der Waals surface area contributed by atoms with Gasteiger partial charge < -0.3 is 25.7 Å². The summed E-state index contributed by atoms with van der Waals surface area (Å²) in [6, 6.07) is 10.3. The lowest BCUT2D eigenvalue weighted by Crippen LogP contribution is -2.57. The number of aromatic amines is 2. The zero-order valence-corrected chi connectivity index (χ0v) is 20.3. The number of hydrogen-bond acceptors (Lipinski definition) is 8. The number of rotatable bonds is 5. The fraction of sp³-hybridized carbons (Fsp3) is 0.167. The molecule has 0 atom stereocenters. The number of carbonyl (C=O) groups excluding carboxylic acids is 2. The maximum absolute atomic E-state index is 14.8. The van der Waals surface area contributed by atoms with E-state index in [-0.39, 0.29) is 46.6 Å². The van der Waals surface area contributed by atoms with Gasteiger partial charge in [0.15, 0.2) is 5.82 Å². The molecule has 5 rings (SSSR count). The van der Waals surface area contributed by atoms with Crippen molar-refractivity contribution in [2.75, 3.05) is 31.2 Å². The maximum Gasteiger partial charge on any atom is 0.353 e. The number of carbonyl (C=O) groups is 3. The topological polar surface area (TPSA) is 203 Å². The lowest BCUT2D eigenvalue weighted by atomic mass is 10.1. The van der Waals surface area contributed by atoms with Gasteiger partial charge in [-0.25, -0.2) is 25.0 Å². The van der Waals surface area contributed by atoms with Crippen LogP contribution in [-0.4, -0.2) is 84.9 Å². The van der Waals surface area contributed by atoms with E-state index in [0.717, 1.165) is 6.20 Å². The van der Waals surface area contributed by atoms with Crippen LogP contribution in [0.1, 0.15) is 20.8 Å². The molecule has 0 aliphatic carbocycles. The molecule has 0 saturated carbocycles. The molecule has 0 bridgehead atoms. The number of pyridine rings is 1. The summed E-state index contributed by atoms with van der Waals surface area (Å²) in [5, 5.41) is 20.4. The van der Waals surface area contributed by atoms with E-state index < -0.39 is 23.5 Å². The Bertz CT molecular complexity index is 1590. The molecule has 1 amide bonds. The highest BCUT2D eigenvalue weighted by Gasteiger charge is 2.31. The standard InChI is InChI=1S/C24H23FN10O4/c25-15-12-29-19(16-10-17(23(38)39)32-31-16)20-18(15)14(11-28-20)21(36)22(37)33-6-8-34(9-7-33)24(30-26)35(27)13-4-2-1-3-5-13/h1-5,10-12,28H,6-9,26-27H2,(H,31,32)(H,38,39)/b30-24-. The minimum atomic E-state index is -1.23. The Balaban J connectivity index is 1.33. The van der Waals surface area contributed by atoms with E-state index in [1.807, 2.05) is 18.2 Å². The molecule has 39 heavy (non-hydrogen) atoms. The number of amides is 1. The van der Waals surface area contributed by atoms with Crippen molar-refractivity contribution in [1.82, 2.24) is 30.0 Å². The van der Waals surface area contributed by atoms with Gasteiger partial charge in [-0.3, -0.25) is 14.7 Å². The molecule has 0 spiro atoms. The number of hydrazone groups is 1. The van der Waals surface area contributed by atoms with Crippen LogP contribution >= 0.6 is 0 Å². The van der Waals surface area contributed by atoms with Crippen LogP contribution in [0.2, 0.25) is 0 Å². The van der Waals surface area contributed by atoms with E-state index in [9.17, 15) is 18.8 Å². The zero-order chi connectivity index (χ0) is 27.7. The third kappa shape index (κ3) is 4.61. The number of guanidine groups is 1. The molecule has 1 saturated heterocycles. The number of Topliss-reactive ketones (excluding diaryl/α,β-unsaturated/α-hetero) is 1. The fourth-order valence-corrected chi connectivity index (χ4v) is 4.40. The largest absolute Gasteiger partial charge is 0.477 e. The number of ketones is 1. The van der Waals surface area contributed by atoms with E-state index in [0.29, 0.717) is 24.7 Å². The molecule has 1 fully saturated rings. The Morgan fingerprint density at radius 3 is 2.44 bits per heavy atom. The van der Waals surface area contributed by atoms with Gasteiger partial charge in [-0.1, -0.05) is 18.2 Å². The molecule has 3 aromatic heterocycles. The van der Waals surface area contributed by atoms with Crippen LogP contribution in [-0.2, 0) is 4.79 Å². The minimum absolute atomic E-state index is 0.104. The van der Waals surface area contributed by atoms with Crippen molar-refractivity contribution in [2.24, 2.45) is 16.8 Å². The summed E-state index contributed by atoms with van der Waals surface area (Å²) in [5.74, 6) is 8.32. The molecule has 14 nitrogen and oxygen atoms in total. The maximum atomic E-state index is 14.8. The number of aromatic nitrogens is 4. The van der Waals surface area contributed by atoms with Crippen LogP contribution in [0.4, 0.5) is 10.1 Å². The van der Waals surface area contributed by atoms with Gasteiger partial charge in [0, 0.05) is 38.4 Å². The van der Waals surface area contributed by atoms with E-state index in [1.54, 1.807) is 17.0 Å². The van der Waals surface area contributed by atoms with E-state index in [1.165, 1.54) is 22.2 Å². The fourth-order valence-electron chi connectivity index (χ4n) is 4.40. The third-order valence-electron chi connectivity index (χ3n) is 6.37. The number of carboxylic acid groups (broad SMARTS) is 1. The lowest BCUT2D eigenvalue weighted by Gasteiger charge is -2.38. The number of carboxylic acids is 1. The smallest absolute Gasteiger partial charge is 0.353 e. The number of hydrazine groups is 1. The second kappa shape index (κ2) is 10.2. The third-order valence-corrected chi connectivity index (χ3v) is 6.37. The molecule has 1 aliphatic heterocycles. The second-order valence-electron chi connectivity index (χ2n) is 8.62. The summed E-state index contributed by atoms with van der Waals surface area (Å²) in [5.41, 5.74) is 0.655. The van der Waals surface area contributed by atoms with Gasteiger partial charge in [-0.05, 0) is 12.1 Å². The van der Waals surface area contributed by atoms with Crippen molar-refractivity contribution >= 4 is 40.2 Å². The first kappa shape index (κ1) is 25.3. The number of para-hydroxylation sites is 1. The molecule has 4 heterocycles. The number of fused-ring (bicyclic) bond motifs is 1. The Labute approximate surface area is 219 Å². The van der Waals surface area contributed by atoms with Gasteiger partial charge in [-0.2, -0.15) is 5.10 Å². The first-order valence-electron chi connectivity index (χ1n) is 11.7. The number of hydrogen-bond donors (Lipinski definition) is 5. The Kier molecular flexibility index (Phi) is 6.64. The van der Waals surface area contributed by atoms with Crippen LogP contribution in [0, 0.1) is 5.82 Å².